The van der Waals surface area contributed by atoms with Gasteiger partial charge in [0.15, 0.2) is 11.5 Å². The Hall–Kier alpha value is -2.16. The summed E-state index contributed by atoms with van der Waals surface area (Å²) in [6.07, 6.45) is 0.951. The predicted molar refractivity (Wildman–Crippen MR) is 84.7 cm³/mol. The Kier molecular flexibility index (Phi) is 5.09. The highest BCUT2D eigenvalue weighted by Crippen LogP contribution is 2.30. The first-order valence-corrected chi connectivity index (χ1v) is 7.02. The molecular weight excluding hydrogens is 264 g/mol. The lowest BCUT2D eigenvalue weighted by molar-refractivity contribution is 0.354. The Labute approximate surface area is 126 Å². The van der Waals surface area contributed by atoms with Gasteiger partial charge in [0, 0.05) is 0 Å². The summed E-state index contributed by atoms with van der Waals surface area (Å²) in [6.45, 7) is 2.22. The second kappa shape index (κ2) is 7.02. The fourth-order valence-electron chi connectivity index (χ4n) is 2.41. The molecule has 0 radical (unpaired) electrons. The minimum Gasteiger partial charge on any atom is -0.497 e. The standard InChI is InChI=1S/C18H22O3/c1-13(15-6-8-16(19-2)9-7-15)11-14-5-10-17(20-3)18(12-14)21-4/h5-10,12-13H,11H2,1-4H3. The second-order valence-electron chi connectivity index (χ2n) is 5.07. The molecule has 2 aromatic carbocycles. The molecule has 2 aromatic rings. The number of hydrogen-bond acceptors (Lipinski definition) is 3. The largest absolute Gasteiger partial charge is 0.497 e. The van der Waals surface area contributed by atoms with Gasteiger partial charge < -0.3 is 14.2 Å². The highest BCUT2D eigenvalue weighted by atomic mass is 16.5. The van der Waals surface area contributed by atoms with Crippen molar-refractivity contribution in [1.82, 2.24) is 0 Å². The monoisotopic (exact) mass is 286 g/mol. The smallest absolute Gasteiger partial charge is 0.160 e. The molecule has 0 aliphatic rings. The van der Waals surface area contributed by atoms with E-state index >= 15 is 0 Å². The predicted octanol–water partition coefficient (Wildman–Crippen LogP) is 4.06. The Balaban J connectivity index is 2.12. The van der Waals surface area contributed by atoms with E-state index in [-0.39, 0.29) is 0 Å². The van der Waals surface area contributed by atoms with Crippen LogP contribution in [-0.4, -0.2) is 21.3 Å². The van der Waals surface area contributed by atoms with Gasteiger partial charge in [-0.3, -0.25) is 0 Å². The molecule has 0 heterocycles. The van der Waals surface area contributed by atoms with Crippen LogP contribution in [0.2, 0.25) is 0 Å². The molecule has 0 aliphatic heterocycles. The van der Waals surface area contributed by atoms with Crippen molar-refractivity contribution in [1.29, 1.82) is 0 Å². The zero-order valence-electron chi connectivity index (χ0n) is 13.1. The van der Waals surface area contributed by atoms with Crippen LogP contribution in [0.25, 0.3) is 0 Å². The van der Waals surface area contributed by atoms with Gasteiger partial charge in [-0.2, -0.15) is 0 Å². The lowest BCUT2D eigenvalue weighted by Gasteiger charge is -2.14. The van der Waals surface area contributed by atoms with Crippen LogP contribution in [0.3, 0.4) is 0 Å². The molecule has 0 spiro atoms. The minimum absolute atomic E-state index is 0.425. The van der Waals surface area contributed by atoms with Crippen molar-refractivity contribution in [2.24, 2.45) is 0 Å². The maximum absolute atomic E-state index is 5.35. The highest BCUT2D eigenvalue weighted by molar-refractivity contribution is 5.43. The molecule has 1 unspecified atom stereocenters. The molecule has 0 aliphatic carbocycles. The van der Waals surface area contributed by atoms with E-state index in [0.717, 1.165) is 23.7 Å². The first-order chi connectivity index (χ1) is 10.2. The molecule has 0 saturated heterocycles. The Bertz CT molecular complexity index is 576. The van der Waals surface area contributed by atoms with Gasteiger partial charge in [-0.15, -0.1) is 0 Å². The number of benzene rings is 2. The molecular formula is C18H22O3. The fourth-order valence-corrected chi connectivity index (χ4v) is 2.41. The van der Waals surface area contributed by atoms with Crippen LogP contribution < -0.4 is 14.2 Å². The van der Waals surface area contributed by atoms with Gasteiger partial charge in [0.1, 0.15) is 5.75 Å². The summed E-state index contributed by atoms with van der Waals surface area (Å²) in [5, 5.41) is 0. The van der Waals surface area contributed by atoms with Crippen LogP contribution in [0, 0.1) is 0 Å². The molecule has 0 aromatic heterocycles. The zero-order chi connectivity index (χ0) is 15.2. The quantitative estimate of drug-likeness (QED) is 0.801. The van der Waals surface area contributed by atoms with Crippen molar-refractivity contribution < 1.29 is 14.2 Å². The molecule has 1 atom stereocenters. The van der Waals surface area contributed by atoms with Crippen molar-refractivity contribution >= 4 is 0 Å². The summed E-state index contributed by atoms with van der Waals surface area (Å²) in [6, 6.07) is 14.3. The lowest BCUT2D eigenvalue weighted by atomic mass is 9.93. The van der Waals surface area contributed by atoms with Crippen LogP contribution in [0.5, 0.6) is 17.2 Å². The third-order valence-corrected chi connectivity index (χ3v) is 3.67. The summed E-state index contributed by atoms with van der Waals surface area (Å²) in [7, 11) is 4.99. The number of rotatable bonds is 6. The first-order valence-electron chi connectivity index (χ1n) is 7.02. The Morgan fingerprint density at radius 1 is 0.810 bits per heavy atom. The molecule has 2 rings (SSSR count). The second-order valence-corrected chi connectivity index (χ2v) is 5.07. The van der Waals surface area contributed by atoms with E-state index in [0.29, 0.717) is 5.92 Å². The number of methoxy groups -OCH3 is 3. The summed E-state index contributed by atoms with van der Waals surface area (Å²) in [5.41, 5.74) is 2.53. The van der Waals surface area contributed by atoms with Crippen LogP contribution in [0.15, 0.2) is 42.5 Å². The van der Waals surface area contributed by atoms with Crippen LogP contribution in [-0.2, 0) is 6.42 Å². The van der Waals surface area contributed by atoms with Crippen molar-refractivity contribution in [3.63, 3.8) is 0 Å². The van der Waals surface area contributed by atoms with E-state index in [1.165, 1.54) is 11.1 Å². The van der Waals surface area contributed by atoms with Gasteiger partial charge in [0.2, 0.25) is 0 Å². The van der Waals surface area contributed by atoms with Gasteiger partial charge in [-0.25, -0.2) is 0 Å². The molecule has 3 nitrogen and oxygen atoms in total. The molecule has 0 saturated carbocycles. The summed E-state index contributed by atoms with van der Waals surface area (Å²) < 4.78 is 15.8. The average Bonchev–Trinajstić information content (AvgIpc) is 2.54. The SMILES string of the molecule is COc1ccc(C(C)Cc2ccc(OC)c(OC)c2)cc1. The molecule has 112 valence electrons. The highest BCUT2D eigenvalue weighted by Gasteiger charge is 2.10. The van der Waals surface area contributed by atoms with Crippen LogP contribution >= 0.6 is 0 Å². The number of hydrogen-bond donors (Lipinski definition) is 0. The van der Waals surface area contributed by atoms with Crippen LogP contribution in [0.1, 0.15) is 24.0 Å². The van der Waals surface area contributed by atoms with Gasteiger partial charge in [0.25, 0.3) is 0 Å². The maximum Gasteiger partial charge on any atom is 0.160 e. The van der Waals surface area contributed by atoms with Gasteiger partial charge in [-0.05, 0) is 47.7 Å². The molecule has 0 amide bonds. The van der Waals surface area contributed by atoms with Crippen molar-refractivity contribution in [2.75, 3.05) is 21.3 Å². The van der Waals surface area contributed by atoms with Gasteiger partial charge >= 0.3 is 0 Å². The average molecular weight is 286 g/mol. The van der Waals surface area contributed by atoms with Crippen molar-refractivity contribution in [2.45, 2.75) is 19.3 Å². The Morgan fingerprint density at radius 2 is 1.48 bits per heavy atom. The van der Waals surface area contributed by atoms with Crippen molar-refractivity contribution in [3.05, 3.63) is 53.6 Å². The normalized spacial score (nSPS) is 11.8. The van der Waals surface area contributed by atoms with Gasteiger partial charge in [0.05, 0.1) is 21.3 Å². The molecule has 0 bridgehead atoms. The van der Waals surface area contributed by atoms with E-state index in [2.05, 4.69) is 25.1 Å². The van der Waals surface area contributed by atoms with E-state index in [9.17, 15) is 0 Å². The van der Waals surface area contributed by atoms with E-state index in [1.807, 2.05) is 24.3 Å². The van der Waals surface area contributed by atoms with E-state index < -0.39 is 0 Å². The van der Waals surface area contributed by atoms with Crippen molar-refractivity contribution in [3.8, 4) is 17.2 Å². The number of ether oxygens (including phenoxy) is 3. The topological polar surface area (TPSA) is 27.7 Å². The first kappa shape index (κ1) is 15.2. The van der Waals surface area contributed by atoms with E-state index in [4.69, 9.17) is 14.2 Å². The zero-order valence-corrected chi connectivity index (χ0v) is 13.1. The van der Waals surface area contributed by atoms with Gasteiger partial charge in [-0.1, -0.05) is 25.1 Å². The molecule has 21 heavy (non-hydrogen) atoms. The third-order valence-electron chi connectivity index (χ3n) is 3.67. The fraction of sp³-hybridized carbons (Fsp3) is 0.333. The molecule has 0 fully saturated rings. The summed E-state index contributed by atoms with van der Waals surface area (Å²) >= 11 is 0. The van der Waals surface area contributed by atoms with E-state index in [1.54, 1.807) is 21.3 Å². The summed E-state index contributed by atoms with van der Waals surface area (Å²) in [5.74, 6) is 2.85. The summed E-state index contributed by atoms with van der Waals surface area (Å²) in [4.78, 5) is 0. The maximum atomic E-state index is 5.35. The third kappa shape index (κ3) is 3.69. The molecule has 0 N–H and O–H groups in total. The minimum atomic E-state index is 0.425. The lowest BCUT2D eigenvalue weighted by Crippen LogP contribution is -2.00. The Morgan fingerprint density at radius 3 is 2.05 bits per heavy atom. The molecule has 3 heteroatoms. The van der Waals surface area contributed by atoms with Crippen LogP contribution in [0.4, 0.5) is 0 Å².